The molecule has 0 saturated carbocycles. The highest BCUT2D eigenvalue weighted by Gasteiger charge is 2.50. The average molecular weight is 400 g/mol. The fourth-order valence-electron chi connectivity index (χ4n) is 3.59. The van der Waals surface area contributed by atoms with Gasteiger partial charge in [-0.25, -0.2) is 4.79 Å². The van der Waals surface area contributed by atoms with Crippen molar-refractivity contribution in [3.05, 3.63) is 63.7 Å². The van der Waals surface area contributed by atoms with E-state index < -0.39 is 23.4 Å². The molecule has 2 aromatic carbocycles. The van der Waals surface area contributed by atoms with E-state index in [1.54, 1.807) is 31.2 Å². The first-order chi connectivity index (χ1) is 13.1. The minimum atomic E-state index is -1.31. The van der Waals surface area contributed by atoms with E-state index in [0.29, 0.717) is 16.3 Å². The van der Waals surface area contributed by atoms with Crippen molar-refractivity contribution in [3.8, 4) is 0 Å². The molecule has 3 rings (SSSR count). The van der Waals surface area contributed by atoms with Crippen LogP contribution in [-0.2, 0) is 15.1 Å². The number of hydrogen-bond donors (Lipinski definition) is 2. The van der Waals surface area contributed by atoms with Gasteiger partial charge in [0.1, 0.15) is 12.1 Å². The summed E-state index contributed by atoms with van der Waals surface area (Å²) >= 11 is 6.21. The Hall–Kier alpha value is -2.86. The molecule has 28 heavy (non-hydrogen) atoms. The Balaban J connectivity index is 1.80. The second-order valence-electron chi connectivity index (χ2n) is 7.25. The van der Waals surface area contributed by atoms with E-state index in [2.05, 4.69) is 10.6 Å². The summed E-state index contributed by atoms with van der Waals surface area (Å²) in [7, 11) is 0. The van der Waals surface area contributed by atoms with Crippen LogP contribution in [0.5, 0.6) is 0 Å². The molecule has 1 heterocycles. The van der Waals surface area contributed by atoms with Crippen LogP contribution < -0.4 is 10.6 Å². The zero-order valence-corrected chi connectivity index (χ0v) is 17.0. The SMILES string of the molecule is Cc1cc(C)c(NC(=O)CN2C(=O)NC(C)(c3ccccc3Cl)C2=O)c(C)c1. The number of urea groups is 1. The van der Waals surface area contributed by atoms with Crippen molar-refractivity contribution in [1.82, 2.24) is 10.2 Å². The van der Waals surface area contributed by atoms with Crippen LogP contribution in [0.15, 0.2) is 36.4 Å². The summed E-state index contributed by atoms with van der Waals surface area (Å²) in [6, 6.07) is 10.1. The van der Waals surface area contributed by atoms with Gasteiger partial charge in [-0.1, -0.05) is 47.5 Å². The topological polar surface area (TPSA) is 78.5 Å². The quantitative estimate of drug-likeness (QED) is 0.770. The van der Waals surface area contributed by atoms with Crippen LogP contribution in [0.3, 0.4) is 0 Å². The number of benzene rings is 2. The summed E-state index contributed by atoms with van der Waals surface area (Å²) in [5, 5.41) is 5.84. The molecule has 1 aliphatic heterocycles. The summed E-state index contributed by atoms with van der Waals surface area (Å²) in [5.41, 5.74) is 2.80. The van der Waals surface area contributed by atoms with E-state index in [1.165, 1.54) is 0 Å². The standard InChI is InChI=1S/C21H22ClN3O3/c1-12-9-13(2)18(14(3)10-12)23-17(26)11-25-19(27)21(4,24-20(25)28)15-7-5-6-8-16(15)22/h5-10H,11H2,1-4H3,(H,23,26)(H,24,28). The number of nitrogens with one attached hydrogen (secondary N) is 2. The van der Waals surface area contributed by atoms with Crippen LogP contribution in [0.25, 0.3) is 0 Å². The highest BCUT2D eigenvalue weighted by Crippen LogP contribution is 2.33. The molecule has 0 bridgehead atoms. The number of nitrogens with zero attached hydrogens (tertiary/aromatic N) is 1. The fourth-order valence-corrected chi connectivity index (χ4v) is 3.91. The van der Waals surface area contributed by atoms with Crippen molar-refractivity contribution in [1.29, 1.82) is 0 Å². The first-order valence-electron chi connectivity index (χ1n) is 8.90. The molecule has 4 amide bonds. The zero-order chi connectivity index (χ0) is 20.6. The smallest absolute Gasteiger partial charge is 0.324 e. The first kappa shape index (κ1) is 19.9. The van der Waals surface area contributed by atoms with Gasteiger partial charge in [-0.3, -0.25) is 14.5 Å². The van der Waals surface area contributed by atoms with E-state index in [1.807, 2.05) is 32.9 Å². The Morgan fingerprint density at radius 3 is 2.36 bits per heavy atom. The van der Waals surface area contributed by atoms with Crippen molar-refractivity contribution in [3.63, 3.8) is 0 Å². The van der Waals surface area contributed by atoms with Gasteiger partial charge < -0.3 is 10.6 Å². The van der Waals surface area contributed by atoms with E-state index in [4.69, 9.17) is 11.6 Å². The van der Waals surface area contributed by atoms with Gasteiger partial charge in [-0.15, -0.1) is 0 Å². The molecule has 1 fully saturated rings. The zero-order valence-electron chi connectivity index (χ0n) is 16.2. The lowest BCUT2D eigenvalue weighted by Crippen LogP contribution is -2.42. The van der Waals surface area contributed by atoms with Crippen molar-refractivity contribution >= 4 is 35.1 Å². The Morgan fingerprint density at radius 2 is 1.75 bits per heavy atom. The lowest BCUT2D eigenvalue weighted by molar-refractivity contribution is -0.133. The minimum absolute atomic E-state index is 0.371. The van der Waals surface area contributed by atoms with Gasteiger partial charge in [0.2, 0.25) is 5.91 Å². The summed E-state index contributed by atoms with van der Waals surface area (Å²) in [6.07, 6.45) is 0. The predicted molar refractivity (Wildman–Crippen MR) is 108 cm³/mol. The molecule has 6 nitrogen and oxygen atoms in total. The average Bonchev–Trinajstić information content (AvgIpc) is 2.82. The van der Waals surface area contributed by atoms with E-state index in [0.717, 1.165) is 21.6 Å². The van der Waals surface area contributed by atoms with Crippen LogP contribution in [0.2, 0.25) is 5.02 Å². The predicted octanol–water partition coefficient (Wildman–Crippen LogP) is 3.67. The molecular weight excluding hydrogens is 378 g/mol. The van der Waals surface area contributed by atoms with Crippen LogP contribution in [0.1, 0.15) is 29.2 Å². The Kier molecular flexibility index (Phi) is 5.17. The molecule has 146 valence electrons. The van der Waals surface area contributed by atoms with Crippen LogP contribution in [0, 0.1) is 20.8 Å². The third kappa shape index (κ3) is 3.47. The number of carbonyl (C=O) groups is 3. The van der Waals surface area contributed by atoms with Gasteiger partial charge >= 0.3 is 6.03 Å². The molecule has 1 aliphatic rings. The second-order valence-corrected chi connectivity index (χ2v) is 7.66. The van der Waals surface area contributed by atoms with Crippen LogP contribution in [-0.4, -0.2) is 29.3 Å². The second kappa shape index (κ2) is 7.28. The van der Waals surface area contributed by atoms with Gasteiger partial charge in [0.25, 0.3) is 5.91 Å². The molecule has 1 atom stereocenters. The lowest BCUT2D eigenvalue weighted by atomic mass is 9.92. The maximum Gasteiger partial charge on any atom is 0.325 e. The molecule has 0 aliphatic carbocycles. The van der Waals surface area contributed by atoms with Crippen molar-refractivity contribution in [2.75, 3.05) is 11.9 Å². The van der Waals surface area contributed by atoms with Gasteiger partial charge in [0.05, 0.1) is 0 Å². The summed E-state index contributed by atoms with van der Waals surface area (Å²) in [5.74, 6) is -0.958. The van der Waals surface area contributed by atoms with Crippen LogP contribution >= 0.6 is 11.6 Å². The lowest BCUT2D eigenvalue weighted by Gasteiger charge is -2.23. The molecule has 0 radical (unpaired) electrons. The molecule has 1 unspecified atom stereocenters. The van der Waals surface area contributed by atoms with Crippen LogP contribution in [0.4, 0.5) is 10.5 Å². The number of anilines is 1. The normalized spacial score (nSPS) is 19.0. The number of halogens is 1. The number of amides is 4. The number of rotatable bonds is 4. The van der Waals surface area contributed by atoms with E-state index >= 15 is 0 Å². The van der Waals surface area contributed by atoms with Gasteiger partial charge in [0.15, 0.2) is 0 Å². The van der Waals surface area contributed by atoms with E-state index in [9.17, 15) is 14.4 Å². The molecule has 0 aromatic heterocycles. The van der Waals surface area contributed by atoms with Crippen molar-refractivity contribution in [2.45, 2.75) is 33.2 Å². The monoisotopic (exact) mass is 399 g/mol. The summed E-state index contributed by atoms with van der Waals surface area (Å²) in [4.78, 5) is 38.8. The maximum atomic E-state index is 13.0. The summed E-state index contributed by atoms with van der Waals surface area (Å²) in [6.45, 7) is 6.99. The highest BCUT2D eigenvalue weighted by molar-refractivity contribution is 6.32. The van der Waals surface area contributed by atoms with Crippen molar-refractivity contribution in [2.24, 2.45) is 0 Å². The Bertz CT molecular complexity index is 966. The summed E-state index contributed by atoms with van der Waals surface area (Å²) < 4.78 is 0. The maximum absolute atomic E-state index is 13.0. The molecule has 1 saturated heterocycles. The number of hydrogen-bond acceptors (Lipinski definition) is 3. The molecule has 0 spiro atoms. The third-order valence-electron chi connectivity index (χ3n) is 4.93. The van der Waals surface area contributed by atoms with E-state index in [-0.39, 0.29) is 6.54 Å². The fraction of sp³-hybridized carbons (Fsp3) is 0.286. The van der Waals surface area contributed by atoms with Gasteiger partial charge in [-0.05, 0) is 44.9 Å². The molecule has 2 aromatic rings. The molecule has 2 N–H and O–H groups in total. The largest absolute Gasteiger partial charge is 0.325 e. The number of aryl methyl sites for hydroxylation is 3. The minimum Gasteiger partial charge on any atom is -0.324 e. The third-order valence-corrected chi connectivity index (χ3v) is 5.26. The highest BCUT2D eigenvalue weighted by atomic mass is 35.5. The van der Waals surface area contributed by atoms with Gasteiger partial charge in [0, 0.05) is 16.3 Å². The molecule has 7 heteroatoms. The van der Waals surface area contributed by atoms with Crippen molar-refractivity contribution < 1.29 is 14.4 Å². The Labute approximate surface area is 168 Å². The number of carbonyl (C=O) groups excluding carboxylic acids is 3. The molecular formula is C21H22ClN3O3. The number of imide groups is 1. The first-order valence-corrected chi connectivity index (χ1v) is 9.28. The Morgan fingerprint density at radius 1 is 1.14 bits per heavy atom. The van der Waals surface area contributed by atoms with Gasteiger partial charge in [-0.2, -0.15) is 0 Å².